The molecule has 0 radical (unpaired) electrons. The second kappa shape index (κ2) is 8.98. The summed E-state index contributed by atoms with van der Waals surface area (Å²) in [6.45, 7) is 0.860. The predicted molar refractivity (Wildman–Crippen MR) is 117 cm³/mol. The van der Waals surface area contributed by atoms with Gasteiger partial charge in [-0.2, -0.15) is 17.5 Å². The number of rotatable bonds is 4. The van der Waals surface area contributed by atoms with E-state index >= 15 is 0 Å². The van der Waals surface area contributed by atoms with Gasteiger partial charge >= 0.3 is 6.18 Å². The number of amides is 1. The van der Waals surface area contributed by atoms with Crippen molar-refractivity contribution in [2.45, 2.75) is 36.8 Å². The summed E-state index contributed by atoms with van der Waals surface area (Å²) in [5, 5.41) is 0. The highest BCUT2D eigenvalue weighted by Crippen LogP contribution is 2.36. The van der Waals surface area contributed by atoms with Crippen LogP contribution in [0.2, 0.25) is 0 Å². The van der Waals surface area contributed by atoms with E-state index in [2.05, 4.69) is 0 Å². The summed E-state index contributed by atoms with van der Waals surface area (Å²) in [5.74, 6) is 0.0280. The highest BCUT2D eigenvalue weighted by molar-refractivity contribution is 7.89. The fourth-order valence-corrected chi connectivity index (χ4v) is 5.93. The van der Waals surface area contributed by atoms with Crippen molar-refractivity contribution >= 4 is 21.6 Å². The number of fused-ring (bicyclic) bond motifs is 1. The zero-order chi connectivity index (χ0) is 23.8. The van der Waals surface area contributed by atoms with Crippen molar-refractivity contribution in [1.29, 1.82) is 0 Å². The van der Waals surface area contributed by atoms with Crippen molar-refractivity contribution in [3.05, 3.63) is 53.6 Å². The van der Waals surface area contributed by atoms with Crippen LogP contribution in [-0.2, 0) is 27.4 Å². The van der Waals surface area contributed by atoms with Crippen LogP contribution in [-0.4, -0.2) is 45.4 Å². The van der Waals surface area contributed by atoms with Gasteiger partial charge in [0.05, 0.1) is 17.6 Å². The maximum atomic E-state index is 13.2. The van der Waals surface area contributed by atoms with E-state index in [0.29, 0.717) is 49.2 Å². The maximum absolute atomic E-state index is 13.2. The van der Waals surface area contributed by atoms with Crippen LogP contribution in [0.15, 0.2) is 47.4 Å². The molecule has 0 saturated carbocycles. The number of halogens is 3. The largest absolute Gasteiger partial charge is 0.497 e. The van der Waals surface area contributed by atoms with Crippen LogP contribution in [0.25, 0.3) is 0 Å². The van der Waals surface area contributed by atoms with Gasteiger partial charge in [0.1, 0.15) is 5.75 Å². The molecule has 0 aromatic heterocycles. The molecule has 0 unspecified atom stereocenters. The molecule has 2 aliphatic heterocycles. The predicted octanol–water partition coefficient (Wildman–Crippen LogP) is 4.09. The Morgan fingerprint density at radius 3 is 2.30 bits per heavy atom. The molecule has 1 fully saturated rings. The summed E-state index contributed by atoms with van der Waals surface area (Å²) in [5.41, 5.74) is 0.323. The molecule has 0 N–H and O–H groups in total. The van der Waals surface area contributed by atoms with Gasteiger partial charge < -0.3 is 9.64 Å². The second-order valence-electron chi connectivity index (χ2n) is 8.29. The van der Waals surface area contributed by atoms with E-state index < -0.39 is 21.8 Å². The van der Waals surface area contributed by atoms with Crippen molar-refractivity contribution in [3.63, 3.8) is 0 Å². The first-order chi connectivity index (χ1) is 15.6. The van der Waals surface area contributed by atoms with Crippen LogP contribution < -0.4 is 9.64 Å². The van der Waals surface area contributed by atoms with Crippen LogP contribution in [0.1, 0.15) is 30.4 Å². The Hall–Kier alpha value is -2.59. The minimum Gasteiger partial charge on any atom is -0.497 e. The molecular formula is C23H25F3N2O4S. The number of carbonyl (C=O) groups excluding carboxylic acids is 1. The molecule has 2 aromatic carbocycles. The smallest absolute Gasteiger partial charge is 0.416 e. The van der Waals surface area contributed by atoms with Crippen LogP contribution in [0.3, 0.4) is 0 Å². The van der Waals surface area contributed by atoms with Crippen LogP contribution in [0.4, 0.5) is 18.9 Å². The number of nitrogens with zero attached hydrogens (tertiary/aromatic N) is 2. The van der Waals surface area contributed by atoms with Gasteiger partial charge in [-0.3, -0.25) is 4.79 Å². The summed E-state index contributed by atoms with van der Waals surface area (Å²) in [4.78, 5) is 14.9. The van der Waals surface area contributed by atoms with Crippen molar-refractivity contribution in [2.24, 2.45) is 5.92 Å². The Balaban J connectivity index is 1.45. The van der Waals surface area contributed by atoms with Crippen LogP contribution in [0, 0.1) is 5.92 Å². The summed E-state index contributed by atoms with van der Waals surface area (Å²) < 4.78 is 71.5. The highest BCUT2D eigenvalue weighted by atomic mass is 32.2. The maximum Gasteiger partial charge on any atom is 0.416 e. The number of ether oxygens (including phenoxy) is 1. The van der Waals surface area contributed by atoms with Crippen LogP contribution in [0.5, 0.6) is 5.75 Å². The molecule has 6 nitrogen and oxygen atoms in total. The number of carbonyl (C=O) groups is 1. The SMILES string of the molecule is COc1ccc(S(=O)(=O)N2CCC(C(=O)N3CCCc4cc(C(F)(F)F)ccc43)CC2)cc1. The average Bonchev–Trinajstić information content (AvgIpc) is 2.82. The Kier molecular flexibility index (Phi) is 6.41. The molecule has 10 heteroatoms. The van der Waals surface area contributed by atoms with E-state index in [-0.39, 0.29) is 29.8 Å². The summed E-state index contributed by atoms with van der Waals surface area (Å²) >= 11 is 0. The van der Waals surface area contributed by atoms with Gasteiger partial charge in [0.15, 0.2) is 0 Å². The molecule has 2 heterocycles. The van der Waals surface area contributed by atoms with E-state index in [1.807, 2.05) is 0 Å². The number of methoxy groups -OCH3 is 1. The minimum atomic E-state index is -4.43. The monoisotopic (exact) mass is 482 g/mol. The lowest BCUT2D eigenvalue weighted by molar-refractivity contribution is -0.137. The summed E-state index contributed by atoms with van der Waals surface area (Å²) in [7, 11) is -2.18. The summed E-state index contributed by atoms with van der Waals surface area (Å²) in [6, 6.07) is 9.66. The molecule has 33 heavy (non-hydrogen) atoms. The number of benzene rings is 2. The number of aryl methyl sites for hydroxylation is 1. The zero-order valence-electron chi connectivity index (χ0n) is 18.1. The Morgan fingerprint density at radius 2 is 1.70 bits per heavy atom. The van der Waals surface area contributed by atoms with Crippen LogP contribution >= 0.6 is 0 Å². The van der Waals surface area contributed by atoms with Crippen molar-refractivity contribution < 1.29 is 31.1 Å². The van der Waals surface area contributed by atoms with E-state index in [1.165, 1.54) is 29.6 Å². The lowest BCUT2D eigenvalue weighted by Gasteiger charge is -2.36. The van der Waals surface area contributed by atoms with Gasteiger partial charge in [-0.25, -0.2) is 8.42 Å². The van der Waals surface area contributed by atoms with Crippen molar-refractivity contribution in [3.8, 4) is 5.75 Å². The number of anilines is 1. The van der Waals surface area contributed by atoms with E-state index in [9.17, 15) is 26.4 Å². The van der Waals surface area contributed by atoms with Crippen molar-refractivity contribution in [2.75, 3.05) is 31.6 Å². The molecule has 4 rings (SSSR count). The molecule has 2 aromatic rings. The third-order valence-electron chi connectivity index (χ3n) is 6.29. The van der Waals surface area contributed by atoms with Gasteiger partial charge in [-0.1, -0.05) is 0 Å². The lowest BCUT2D eigenvalue weighted by Crippen LogP contribution is -2.45. The first kappa shape index (κ1) is 23.6. The highest BCUT2D eigenvalue weighted by Gasteiger charge is 2.36. The average molecular weight is 483 g/mol. The molecule has 1 amide bonds. The Labute approximate surface area is 191 Å². The molecule has 178 valence electrons. The number of alkyl halides is 3. The Morgan fingerprint density at radius 1 is 1.03 bits per heavy atom. The van der Waals surface area contributed by atoms with Gasteiger partial charge in [0.25, 0.3) is 0 Å². The third kappa shape index (κ3) is 4.72. The first-order valence-electron chi connectivity index (χ1n) is 10.8. The molecule has 0 spiro atoms. The topological polar surface area (TPSA) is 66.9 Å². The number of hydrogen-bond donors (Lipinski definition) is 0. The normalized spacial score (nSPS) is 18.1. The molecule has 0 aliphatic carbocycles. The molecule has 0 bridgehead atoms. The summed E-state index contributed by atoms with van der Waals surface area (Å²) in [6.07, 6.45) is -2.63. The minimum absolute atomic E-state index is 0.155. The fraction of sp³-hybridized carbons (Fsp3) is 0.435. The second-order valence-corrected chi connectivity index (χ2v) is 10.2. The number of piperidine rings is 1. The van der Waals surface area contributed by atoms with Gasteiger partial charge in [0, 0.05) is 31.2 Å². The number of hydrogen-bond acceptors (Lipinski definition) is 4. The lowest BCUT2D eigenvalue weighted by atomic mass is 9.93. The third-order valence-corrected chi connectivity index (χ3v) is 8.20. The Bertz CT molecular complexity index is 1130. The quantitative estimate of drug-likeness (QED) is 0.658. The standard InChI is InChI=1S/C23H25F3N2O4S/c1-32-19-5-7-20(8-6-19)33(30,31)27-13-10-16(11-14-27)22(29)28-12-2-3-17-15-18(23(24,25)26)4-9-21(17)28/h4-9,15-16H,2-3,10-14H2,1H3. The molecule has 0 atom stereocenters. The van der Waals surface area contributed by atoms with E-state index in [1.54, 1.807) is 17.0 Å². The van der Waals surface area contributed by atoms with Gasteiger partial charge in [0.2, 0.25) is 15.9 Å². The zero-order valence-corrected chi connectivity index (χ0v) is 19.0. The number of sulfonamides is 1. The molecule has 2 aliphatic rings. The van der Waals surface area contributed by atoms with Crippen molar-refractivity contribution in [1.82, 2.24) is 4.31 Å². The fourth-order valence-electron chi connectivity index (χ4n) is 4.46. The van der Waals surface area contributed by atoms with E-state index in [4.69, 9.17) is 4.74 Å². The van der Waals surface area contributed by atoms with E-state index in [0.717, 1.165) is 12.1 Å². The molecule has 1 saturated heterocycles. The van der Waals surface area contributed by atoms with Gasteiger partial charge in [-0.15, -0.1) is 0 Å². The molecular weight excluding hydrogens is 457 g/mol. The van der Waals surface area contributed by atoms with Gasteiger partial charge in [-0.05, 0) is 73.7 Å². The first-order valence-corrected chi connectivity index (χ1v) is 12.2.